The molecule has 1 aromatic carbocycles. The quantitative estimate of drug-likeness (QED) is 0.921. The monoisotopic (exact) mass is 259 g/mol. The summed E-state index contributed by atoms with van der Waals surface area (Å²) < 4.78 is 1.76. The molecular formula is C15H17NO3. The Bertz CT molecular complexity index is 700. The summed E-state index contributed by atoms with van der Waals surface area (Å²) in [7, 11) is 0. The van der Waals surface area contributed by atoms with Gasteiger partial charge in [-0.05, 0) is 32.4 Å². The van der Waals surface area contributed by atoms with E-state index in [1.807, 2.05) is 19.9 Å². The zero-order chi connectivity index (χ0) is 14.2. The van der Waals surface area contributed by atoms with E-state index in [-0.39, 0.29) is 17.2 Å². The number of pyridine rings is 1. The second-order valence-electron chi connectivity index (χ2n) is 4.75. The van der Waals surface area contributed by atoms with Crippen LogP contribution in [0.25, 0.3) is 10.9 Å². The van der Waals surface area contributed by atoms with Crippen molar-refractivity contribution in [2.45, 2.75) is 33.2 Å². The van der Waals surface area contributed by atoms with E-state index >= 15 is 0 Å². The Hall–Kier alpha value is -2.10. The molecule has 2 rings (SSSR count). The molecule has 0 radical (unpaired) electrons. The number of nitrogens with zero attached hydrogens (tertiary/aromatic N) is 1. The molecule has 0 fully saturated rings. The lowest BCUT2D eigenvalue weighted by Gasteiger charge is -2.21. The molecular weight excluding hydrogens is 242 g/mol. The molecule has 1 heterocycles. The van der Waals surface area contributed by atoms with Crippen LogP contribution < -0.4 is 5.43 Å². The third kappa shape index (κ3) is 2.03. The third-order valence-corrected chi connectivity index (χ3v) is 3.58. The van der Waals surface area contributed by atoms with Crippen molar-refractivity contribution >= 4 is 16.9 Å². The van der Waals surface area contributed by atoms with Crippen molar-refractivity contribution in [1.29, 1.82) is 0 Å². The molecule has 0 saturated heterocycles. The maximum atomic E-state index is 12.2. The van der Waals surface area contributed by atoms with E-state index in [0.29, 0.717) is 16.5 Å². The number of fused-ring (bicyclic) bond motifs is 1. The average molecular weight is 259 g/mol. The molecule has 1 N–H and O–H groups in total. The van der Waals surface area contributed by atoms with Gasteiger partial charge in [0.15, 0.2) is 5.43 Å². The molecule has 0 bridgehead atoms. The third-order valence-electron chi connectivity index (χ3n) is 3.58. The van der Waals surface area contributed by atoms with Crippen LogP contribution in [0.5, 0.6) is 0 Å². The van der Waals surface area contributed by atoms with Gasteiger partial charge in [0.2, 0.25) is 0 Å². The molecule has 0 aliphatic rings. The SMILES string of the molecule is CCC(C)n1c(C(=O)O)c(C)c(=O)c2ccccc21. The maximum Gasteiger partial charge on any atom is 0.352 e. The van der Waals surface area contributed by atoms with Crippen molar-refractivity contribution in [3.05, 3.63) is 45.7 Å². The standard InChI is InChI=1S/C15H17NO3/c1-4-9(2)16-12-8-6-5-7-11(12)14(17)10(3)13(16)15(18)19/h5-9H,4H2,1-3H3,(H,18,19). The van der Waals surface area contributed by atoms with Gasteiger partial charge >= 0.3 is 5.97 Å². The van der Waals surface area contributed by atoms with Gasteiger partial charge in [0.05, 0.1) is 5.52 Å². The number of carbonyl (C=O) groups is 1. The molecule has 1 atom stereocenters. The molecule has 0 amide bonds. The first-order valence-electron chi connectivity index (χ1n) is 6.36. The second-order valence-corrected chi connectivity index (χ2v) is 4.75. The molecule has 1 aromatic heterocycles. The predicted octanol–water partition coefficient (Wildman–Crippen LogP) is 2.98. The van der Waals surface area contributed by atoms with Crippen molar-refractivity contribution in [3.8, 4) is 0 Å². The largest absolute Gasteiger partial charge is 0.477 e. The molecule has 4 nitrogen and oxygen atoms in total. The lowest BCUT2D eigenvalue weighted by Crippen LogP contribution is -2.24. The maximum absolute atomic E-state index is 12.2. The number of hydrogen-bond acceptors (Lipinski definition) is 2. The summed E-state index contributed by atoms with van der Waals surface area (Å²) in [4.78, 5) is 23.7. The minimum Gasteiger partial charge on any atom is -0.477 e. The minimum atomic E-state index is -1.05. The van der Waals surface area contributed by atoms with E-state index in [9.17, 15) is 14.7 Å². The van der Waals surface area contributed by atoms with E-state index in [1.165, 1.54) is 0 Å². The fourth-order valence-corrected chi connectivity index (χ4v) is 2.39. The van der Waals surface area contributed by atoms with Crippen molar-refractivity contribution in [3.63, 3.8) is 0 Å². The normalized spacial score (nSPS) is 12.6. The Balaban J connectivity index is 3.03. The molecule has 1 unspecified atom stereocenters. The number of carboxylic acids is 1. The van der Waals surface area contributed by atoms with Gasteiger partial charge in [0.25, 0.3) is 0 Å². The summed E-state index contributed by atoms with van der Waals surface area (Å²) in [5.74, 6) is -1.05. The summed E-state index contributed by atoms with van der Waals surface area (Å²) >= 11 is 0. The fourth-order valence-electron chi connectivity index (χ4n) is 2.39. The highest BCUT2D eigenvalue weighted by Crippen LogP contribution is 2.22. The summed E-state index contributed by atoms with van der Waals surface area (Å²) in [6.07, 6.45) is 0.798. The highest BCUT2D eigenvalue weighted by Gasteiger charge is 2.21. The number of aromatic nitrogens is 1. The first-order chi connectivity index (χ1) is 8.99. The fraction of sp³-hybridized carbons (Fsp3) is 0.333. The van der Waals surface area contributed by atoms with E-state index in [1.54, 1.807) is 29.7 Å². The number of benzene rings is 1. The highest BCUT2D eigenvalue weighted by atomic mass is 16.4. The van der Waals surface area contributed by atoms with Crippen molar-refractivity contribution in [2.24, 2.45) is 0 Å². The van der Waals surface area contributed by atoms with E-state index < -0.39 is 5.97 Å². The number of aromatic carboxylic acids is 1. The second kappa shape index (κ2) is 4.88. The van der Waals surface area contributed by atoms with Crippen LogP contribution in [-0.4, -0.2) is 15.6 Å². The molecule has 19 heavy (non-hydrogen) atoms. The number of para-hydroxylation sites is 1. The first kappa shape index (κ1) is 13.3. The Kier molecular flexibility index (Phi) is 3.42. The van der Waals surface area contributed by atoms with Gasteiger partial charge < -0.3 is 9.67 Å². The number of hydrogen-bond donors (Lipinski definition) is 1. The first-order valence-corrected chi connectivity index (χ1v) is 6.36. The van der Waals surface area contributed by atoms with E-state index in [4.69, 9.17) is 0 Å². The van der Waals surface area contributed by atoms with Crippen LogP contribution in [0.2, 0.25) is 0 Å². The van der Waals surface area contributed by atoms with Gasteiger partial charge in [0.1, 0.15) is 5.69 Å². The zero-order valence-electron chi connectivity index (χ0n) is 11.3. The summed E-state index contributed by atoms with van der Waals surface area (Å²) in [5, 5.41) is 9.99. The molecule has 2 aromatic rings. The van der Waals surface area contributed by atoms with E-state index in [2.05, 4.69) is 0 Å². The van der Waals surface area contributed by atoms with Crippen LogP contribution in [0, 0.1) is 6.92 Å². The molecule has 100 valence electrons. The average Bonchev–Trinajstić information content (AvgIpc) is 2.41. The highest BCUT2D eigenvalue weighted by molar-refractivity contribution is 5.92. The zero-order valence-corrected chi connectivity index (χ0v) is 11.3. The predicted molar refractivity (Wildman–Crippen MR) is 74.9 cm³/mol. The summed E-state index contributed by atoms with van der Waals surface area (Å²) in [6.45, 7) is 5.54. The molecule has 0 aliphatic carbocycles. The number of rotatable bonds is 3. The molecule has 4 heteroatoms. The lowest BCUT2D eigenvalue weighted by atomic mass is 10.1. The molecule has 0 aliphatic heterocycles. The Morgan fingerprint density at radius 3 is 2.58 bits per heavy atom. The smallest absolute Gasteiger partial charge is 0.352 e. The van der Waals surface area contributed by atoms with Gasteiger partial charge in [-0.2, -0.15) is 0 Å². The van der Waals surface area contributed by atoms with Crippen LogP contribution in [0.3, 0.4) is 0 Å². The van der Waals surface area contributed by atoms with Crippen LogP contribution >= 0.6 is 0 Å². The number of carboxylic acid groups (broad SMARTS) is 1. The minimum absolute atomic E-state index is 0.0234. The van der Waals surface area contributed by atoms with Crippen LogP contribution in [0.15, 0.2) is 29.1 Å². The lowest BCUT2D eigenvalue weighted by molar-refractivity contribution is 0.0681. The Morgan fingerprint density at radius 2 is 2.00 bits per heavy atom. The van der Waals surface area contributed by atoms with Crippen LogP contribution in [0.1, 0.15) is 42.4 Å². The Morgan fingerprint density at radius 1 is 1.37 bits per heavy atom. The van der Waals surface area contributed by atoms with Gasteiger partial charge in [-0.3, -0.25) is 4.79 Å². The molecule has 0 saturated carbocycles. The van der Waals surface area contributed by atoms with Crippen molar-refractivity contribution in [2.75, 3.05) is 0 Å². The van der Waals surface area contributed by atoms with Gasteiger partial charge in [-0.15, -0.1) is 0 Å². The summed E-state index contributed by atoms with van der Waals surface area (Å²) in [6, 6.07) is 7.19. The van der Waals surface area contributed by atoms with Gasteiger partial charge in [-0.1, -0.05) is 19.1 Å². The van der Waals surface area contributed by atoms with Gasteiger partial charge in [-0.25, -0.2) is 4.79 Å². The Labute approximate surface area is 111 Å². The topological polar surface area (TPSA) is 59.3 Å². The van der Waals surface area contributed by atoms with Crippen molar-refractivity contribution in [1.82, 2.24) is 4.57 Å². The van der Waals surface area contributed by atoms with Crippen molar-refractivity contribution < 1.29 is 9.90 Å². The van der Waals surface area contributed by atoms with Crippen LogP contribution in [0.4, 0.5) is 0 Å². The van der Waals surface area contributed by atoms with Crippen LogP contribution in [-0.2, 0) is 0 Å². The van der Waals surface area contributed by atoms with Gasteiger partial charge in [0, 0.05) is 17.0 Å². The summed E-state index contributed by atoms with van der Waals surface area (Å²) in [5.41, 5.74) is 0.877. The molecule has 0 spiro atoms. The van der Waals surface area contributed by atoms with E-state index in [0.717, 1.165) is 6.42 Å².